The summed E-state index contributed by atoms with van der Waals surface area (Å²) in [7, 11) is -0.173. The summed E-state index contributed by atoms with van der Waals surface area (Å²) in [5, 5.41) is 0.194. The van der Waals surface area contributed by atoms with Gasteiger partial charge in [-0.3, -0.25) is 4.79 Å². The maximum absolute atomic E-state index is 12.9. The Hall–Kier alpha value is -0.433. The number of esters is 1. The SMILES string of the molecule is CCOC(=O)[C@@]12CC[C@@H](OCOC)C[C@H]1C[C@@H](O[Si](C)(C)C(C)(C)C)CC2. The third kappa shape index (κ3) is 5.14. The van der Waals surface area contributed by atoms with Gasteiger partial charge in [0, 0.05) is 13.2 Å². The van der Waals surface area contributed by atoms with E-state index in [0.717, 1.165) is 38.5 Å². The topological polar surface area (TPSA) is 54.0 Å². The van der Waals surface area contributed by atoms with Gasteiger partial charge in [0.25, 0.3) is 0 Å². The fourth-order valence-corrected chi connectivity index (χ4v) is 5.85. The summed E-state index contributed by atoms with van der Waals surface area (Å²) in [4.78, 5) is 12.9. The van der Waals surface area contributed by atoms with Gasteiger partial charge in [-0.15, -0.1) is 0 Å². The summed E-state index contributed by atoms with van der Waals surface area (Å²) >= 11 is 0. The van der Waals surface area contributed by atoms with Crippen molar-refractivity contribution in [3.05, 3.63) is 0 Å². The highest BCUT2D eigenvalue weighted by Crippen LogP contribution is 2.53. The minimum absolute atomic E-state index is 0.00836. The molecule has 0 aromatic rings. The highest BCUT2D eigenvalue weighted by Gasteiger charge is 2.54. The summed E-state index contributed by atoms with van der Waals surface area (Å²) in [6.07, 6.45) is 5.77. The van der Waals surface area contributed by atoms with Crippen molar-refractivity contribution in [3.63, 3.8) is 0 Å². The van der Waals surface area contributed by atoms with Gasteiger partial charge >= 0.3 is 5.97 Å². The van der Waals surface area contributed by atoms with Crippen LogP contribution in [-0.2, 0) is 23.4 Å². The molecule has 0 N–H and O–H groups in total. The van der Waals surface area contributed by atoms with Crippen LogP contribution in [0.1, 0.15) is 66.2 Å². The molecular weight excluding hydrogens is 360 g/mol. The quantitative estimate of drug-likeness (QED) is 0.346. The molecule has 2 saturated carbocycles. The summed E-state index contributed by atoms with van der Waals surface area (Å²) in [5.41, 5.74) is -0.351. The number of fused-ring (bicyclic) bond motifs is 1. The average Bonchev–Trinajstić information content (AvgIpc) is 2.58. The first-order chi connectivity index (χ1) is 12.6. The lowest BCUT2D eigenvalue weighted by molar-refractivity contribution is -0.175. The highest BCUT2D eigenvalue weighted by molar-refractivity contribution is 6.74. The summed E-state index contributed by atoms with van der Waals surface area (Å²) in [5.74, 6) is 0.252. The van der Waals surface area contributed by atoms with Crippen molar-refractivity contribution in [3.8, 4) is 0 Å². The molecule has 2 aliphatic carbocycles. The van der Waals surface area contributed by atoms with Crippen LogP contribution < -0.4 is 0 Å². The summed E-state index contributed by atoms with van der Waals surface area (Å²) in [6.45, 7) is 14.1. The summed E-state index contributed by atoms with van der Waals surface area (Å²) in [6, 6.07) is 0. The number of rotatable bonds is 7. The monoisotopic (exact) mass is 400 g/mol. The second-order valence-electron chi connectivity index (χ2n) is 9.82. The zero-order valence-electron chi connectivity index (χ0n) is 18.4. The van der Waals surface area contributed by atoms with Crippen LogP contribution in [0.25, 0.3) is 0 Å². The van der Waals surface area contributed by atoms with Crippen LogP contribution in [0.5, 0.6) is 0 Å². The lowest BCUT2D eigenvalue weighted by atomic mass is 9.58. The molecule has 4 atom stereocenters. The maximum Gasteiger partial charge on any atom is 0.312 e. The van der Waals surface area contributed by atoms with Crippen LogP contribution in [0.15, 0.2) is 0 Å². The number of ether oxygens (including phenoxy) is 3. The van der Waals surface area contributed by atoms with Gasteiger partial charge in [-0.05, 0) is 69.5 Å². The van der Waals surface area contributed by atoms with Crippen molar-refractivity contribution in [2.75, 3.05) is 20.5 Å². The van der Waals surface area contributed by atoms with Gasteiger partial charge in [0.15, 0.2) is 8.32 Å². The molecule has 5 nitrogen and oxygen atoms in total. The minimum Gasteiger partial charge on any atom is -0.466 e. The predicted octanol–water partition coefficient (Wildman–Crippen LogP) is 4.90. The minimum atomic E-state index is -1.82. The zero-order chi connectivity index (χ0) is 20.3. The van der Waals surface area contributed by atoms with E-state index in [1.165, 1.54) is 0 Å². The van der Waals surface area contributed by atoms with Crippen molar-refractivity contribution >= 4 is 14.3 Å². The first kappa shape index (κ1) is 22.9. The third-order valence-corrected chi connectivity index (χ3v) is 11.6. The van der Waals surface area contributed by atoms with Gasteiger partial charge in [-0.25, -0.2) is 0 Å². The lowest BCUT2D eigenvalue weighted by Crippen LogP contribution is -2.52. The van der Waals surface area contributed by atoms with E-state index in [0.29, 0.717) is 13.4 Å². The number of carbonyl (C=O) groups is 1. The number of methoxy groups -OCH3 is 1. The molecule has 0 saturated heterocycles. The maximum atomic E-state index is 12.9. The molecule has 0 amide bonds. The molecule has 0 heterocycles. The van der Waals surface area contributed by atoms with Crippen LogP contribution in [0.2, 0.25) is 18.1 Å². The predicted molar refractivity (Wildman–Crippen MR) is 109 cm³/mol. The standard InChI is InChI=1S/C21H40O5Si/c1-8-24-19(22)21-11-9-17(25-15-23-5)13-16(21)14-18(10-12-21)26-27(6,7)20(2,3)4/h16-18H,8-15H2,1-7H3/t16-,17+,18-,21+/m0/s1. The van der Waals surface area contributed by atoms with E-state index in [2.05, 4.69) is 33.9 Å². The largest absolute Gasteiger partial charge is 0.466 e. The second-order valence-corrected chi connectivity index (χ2v) is 14.6. The Labute approximate surface area is 166 Å². The molecule has 0 aromatic carbocycles. The van der Waals surface area contributed by atoms with Gasteiger partial charge in [0.05, 0.1) is 18.1 Å². The molecule has 158 valence electrons. The van der Waals surface area contributed by atoms with Crippen molar-refractivity contribution in [2.24, 2.45) is 11.3 Å². The summed E-state index contributed by atoms with van der Waals surface area (Å²) < 4.78 is 23.2. The Morgan fingerprint density at radius 2 is 1.70 bits per heavy atom. The van der Waals surface area contributed by atoms with Crippen LogP contribution in [0, 0.1) is 11.3 Å². The molecular formula is C21H40O5Si. The molecule has 0 aromatic heterocycles. The molecule has 0 aliphatic heterocycles. The Balaban J connectivity index is 2.13. The van der Waals surface area contributed by atoms with E-state index in [4.69, 9.17) is 18.6 Å². The molecule has 2 rings (SSSR count). The number of carbonyl (C=O) groups excluding carboxylic acids is 1. The Kier molecular flexibility index (Phi) is 7.56. The Morgan fingerprint density at radius 1 is 1.11 bits per heavy atom. The van der Waals surface area contributed by atoms with Crippen molar-refractivity contribution in [1.82, 2.24) is 0 Å². The van der Waals surface area contributed by atoms with E-state index in [-0.39, 0.29) is 34.5 Å². The molecule has 6 heteroatoms. The highest BCUT2D eigenvalue weighted by atomic mass is 28.4. The van der Waals surface area contributed by atoms with Gasteiger partial charge in [0.1, 0.15) is 6.79 Å². The van der Waals surface area contributed by atoms with E-state index in [1.807, 2.05) is 6.92 Å². The molecule has 2 aliphatic rings. The fraction of sp³-hybridized carbons (Fsp3) is 0.952. The molecule has 0 spiro atoms. The van der Waals surface area contributed by atoms with Crippen molar-refractivity contribution in [1.29, 1.82) is 0 Å². The fourth-order valence-electron chi connectivity index (χ4n) is 4.45. The molecule has 0 unspecified atom stereocenters. The molecule has 2 fully saturated rings. The van der Waals surface area contributed by atoms with E-state index in [1.54, 1.807) is 7.11 Å². The zero-order valence-corrected chi connectivity index (χ0v) is 19.4. The molecule has 0 bridgehead atoms. The van der Waals surface area contributed by atoms with Gasteiger partial charge in [-0.1, -0.05) is 20.8 Å². The average molecular weight is 401 g/mol. The van der Waals surface area contributed by atoms with Gasteiger partial charge in [-0.2, -0.15) is 0 Å². The number of hydrogen-bond donors (Lipinski definition) is 0. The normalized spacial score (nSPS) is 32.0. The third-order valence-electron chi connectivity index (χ3n) is 7.07. The van der Waals surface area contributed by atoms with Crippen molar-refractivity contribution in [2.45, 2.75) is 96.6 Å². The van der Waals surface area contributed by atoms with E-state index >= 15 is 0 Å². The first-order valence-corrected chi connectivity index (χ1v) is 13.4. The van der Waals surface area contributed by atoms with Crippen LogP contribution in [-0.4, -0.2) is 47.0 Å². The van der Waals surface area contributed by atoms with Crippen molar-refractivity contribution < 1.29 is 23.4 Å². The van der Waals surface area contributed by atoms with E-state index in [9.17, 15) is 4.79 Å². The lowest BCUT2D eigenvalue weighted by Gasteiger charge is -2.51. The Bertz CT molecular complexity index is 501. The first-order valence-electron chi connectivity index (χ1n) is 10.5. The number of hydrogen-bond acceptors (Lipinski definition) is 5. The molecule has 27 heavy (non-hydrogen) atoms. The Morgan fingerprint density at radius 3 is 2.26 bits per heavy atom. The van der Waals surface area contributed by atoms with E-state index < -0.39 is 8.32 Å². The smallest absolute Gasteiger partial charge is 0.312 e. The molecule has 0 radical (unpaired) electrons. The van der Waals surface area contributed by atoms with Crippen LogP contribution >= 0.6 is 0 Å². The van der Waals surface area contributed by atoms with Crippen LogP contribution in [0.3, 0.4) is 0 Å². The van der Waals surface area contributed by atoms with Gasteiger partial charge in [0.2, 0.25) is 0 Å². The second kappa shape index (κ2) is 8.93. The van der Waals surface area contributed by atoms with Gasteiger partial charge < -0.3 is 18.6 Å². The van der Waals surface area contributed by atoms with Crippen LogP contribution in [0.4, 0.5) is 0 Å².